The van der Waals surface area contributed by atoms with Crippen molar-refractivity contribution in [2.45, 2.75) is 52.5 Å². The lowest BCUT2D eigenvalue weighted by molar-refractivity contribution is -0.139. The minimum atomic E-state index is -0.546. The average molecular weight is 489 g/mol. The second-order valence-corrected chi connectivity index (χ2v) is 10.5. The maximum atomic E-state index is 13.1. The maximum absolute atomic E-state index is 13.1. The molecule has 1 aliphatic carbocycles. The van der Waals surface area contributed by atoms with Crippen LogP contribution in [0.3, 0.4) is 0 Å². The van der Waals surface area contributed by atoms with Crippen molar-refractivity contribution in [2.75, 3.05) is 11.4 Å². The quantitative estimate of drug-likeness (QED) is 0.353. The number of benzene rings is 2. The predicted molar refractivity (Wildman–Crippen MR) is 134 cm³/mol. The largest absolute Gasteiger partial charge is 0.426 e. The Morgan fingerprint density at radius 1 is 1.00 bits per heavy atom. The molecule has 1 saturated carbocycles. The molecule has 0 N–H and O–H groups in total. The van der Waals surface area contributed by atoms with E-state index in [2.05, 4.69) is 6.92 Å². The maximum Gasteiger partial charge on any atom is 0.316 e. The van der Waals surface area contributed by atoms with Gasteiger partial charge in [0.05, 0.1) is 29.5 Å². The smallest absolute Gasteiger partial charge is 0.316 e. The number of esters is 1. The first-order chi connectivity index (χ1) is 17.2. The average Bonchev–Trinajstić information content (AvgIpc) is 3.37. The zero-order valence-electron chi connectivity index (χ0n) is 21.0. The van der Waals surface area contributed by atoms with E-state index in [1.165, 1.54) is 4.90 Å². The molecule has 5 rings (SSSR count). The van der Waals surface area contributed by atoms with Crippen molar-refractivity contribution in [2.24, 2.45) is 23.7 Å². The van der Waals surface area contributed by atoms with Crippen molar-refractivity contribution in [1.29, 1.82) is 0 Å². The number of carbonyl (C=O) groups excluding carboxylic acids is 4. The van der Waals surface area contributed by atoms with E-state index in [1.807, 2.05) is 37.3 Å². The molecule has 3 amide bonds. The minimum Gasteiger partial charge on any atom is -0.426 e. The Labute approximate surface area is 211 Å². The first-order valence-electron chi connectivity index (χ1n) is 12.8. The molecule has 188 valence electrons. The number of nitrogens with zero attached hydrogens (tertiary/aromatic N) is 2. The number of aryl methyl sites for hydroxylation is 1. The third-order valence-corrected chi connectivity index (χ3v) is 8.06. The number of ether oxygens (including phenoxy) is 1. The normalized spacial score (nSPS) is 26.8. The molecule has 2 saturated heterocycles. The van der Waals surface area contributed by atoms with Gasteiger partial charge in [-0.15, -0.1) is 0 Å². The number of imide groups is 1. The van der Waals surface area contributed by atoms with Crippen LogP contribution in [0.15, 0.2) is 48.5 Å². The van der Waals surface area contributed by atoms with Crippen molar-refractivity contribution in [3.63, 3.8) is 0 Å². The highest BCUT2D eigenvalue weighted by Crippen LogP contribution is 2.43. The standard InChI is InChI=1S/C29H32N2O5/c1-17-9-11-23-24(13-17)28(34)31(27(23)33)25-12-10-22(14-18(25)2)36-29(35)21-15-26(32)30(16-21)19(3)20-7-5-4-6-8-20/h4-8,10,12,14,17,19,21,23-24H,9,11,13,15-16H2,1-3H3/t17-,19+,21+,23+,24+/m0/s1. The number of amides is 3. The van der Waals surface area contributed by atoms with Crippen LogP contribution < -0.4 is 9.64 Å². The van der Waals surface area contributed by atoms with Gasteiger partial charge in [0.15, 0.2) is 0 Å². The van der Waals surface area contributed by atoms with E-state index in [9.17, 15) is 19.2 Å². The number of carbonyl (C=O) groups is 4. The monoisotopic (exact) mass is 488 g/mol. The molecule has 2 heterocycles. The van der Waals surface area contributed by atoms with Gasteiger partial charge in [-0.2, -0.15) is 0 Å². The van der Waals surface area contributed by atoms with E-state index in [4.69, 9.17) is 4.74 Å². The van der Waals surface area contributed by atoms with Gasteiger partial charge in [-0.3, -0.25) is 19.2 Å². The molecular weight excluding hydrogens is 456 g/mol. The number of rotatable bonds is 5. The molecule has 3 fully saturated rings. The zero-order chi connectivity index (χ0) is 25.6. The van der Waals surface area contributed by atoms with Crippen molar-refractivity contribution in [3.05, 3.63) is 59.7 Å². The van der Waals surface area contributed by atoms with Crippen LogP contribution in [0.5, 0.6) is 5.75 Å². The van der Waals surface area contributed by atoms with Gasteiger partial charge in [0.1, 0.15) is 5.75 Å². The molecular formula is C29H32N2O5. The summed E-state index contributed by atoms with van der Waals surface area (Å²) in [6.07, 6.45) is 2.58. The zero-order valence-corrected chi connectivity index (χ0v) is 21.0. The Morgan fingerprint density at radius 3 is 2.44 bits per heavy atom. The Kier molecular flexibility index (Phi) is 6.41. The lowest BCUT2D eigenvalue weighted by Crippen LogP contribution is -2.31. The fourth-order valence-corrected chi connectivity index (χ4v) is 5.94. The van der Waals surface area contributed by atoms with E-state index < -0.39 is 11.9 Å². The van der Waals surface area contributed by atoms with Gasteiger partial charge in [0.25, 0.3) is 0 Å². The molecule has 0 bridgehead atoms. The Bertz CT molecular complexity index is 1210. The van der Waals surface area contributed by atoms with Crippen LogP contribution in [0.2, 0.25) is 0 Å². The Hall–Kier alpha value is -3.48. The van der Waals surface area contributed by atoms with Gasteiger partial charge < -0.3 is 9.64 Å². The fraction of sp³-hybridized carbons (Fsp3) is 0.448. The van der Waals surface area contributed by atoms with Crippen LogP contribution in [-0.2, 0) is 19.2 Å². The third kappa shape index (κ3) is 4.31. The molecule has 0 spiro atoms. The molecule has 0 radical (unpaired) electrons. The number of fused-ring (bicyclic) bond motifs is 1. The fourth-order valence-electron chi connectivity index (χ4n) is 5.94. The summed E-state index contributed by atoms with van der Waals surface area (Å²) in [5, 5.41) is 0. The summed E-state index contributed by atoms with van der Waals surface area (Å²) < 4.78 is 5.64. The SMILES string of the molecule is Cc1cc(OC(=O)[C@@H]2CC(=O)N([C@H](C)c3ccccc3)C2)ccc1N1C(=O)[C@@H]2CC[C@H](C)C[C@H]2C1=O. The predicted octanol–water partition coefficient (Wildman–Crippen LogP) is 4.44. The lowest BCUT2D eigenvalue weighted by Gasteiger charge is -2.25. The van der Waals surface area contributed by atoms with Crippen LogP contribution >= 0.6 is 0 Å². The van der Waals surface area contributed by atoms with Crippen molar-refractivity contribution in [1.82, 2.24) is 4.90 Å². The number of hydrogen-bond donors (Lipinski definition) is 0. The second-order valence-electron chi connectivity index (χ2n) is 10.5. The first kappa shape index (κ1) is 24.2. The summed E-state index contributed by atoms with van der Waals surface area (Å²) in [6, 6.07) is 14.6. The lowest BCUT2D eigenvalue weighted by atomic mass is 9.76. The highest BCUT2D eigenvalue weighted by atomic mass is 16.5. The molecule has 2 aromatic rings. The highest BCUT2D eigenvalue weighted by Gasteiger charge is 2.50. The van der Waals surface area contributed by atoms with Crippen LogP contribution in [0.4, 0.5) is 5.69 Å². The summed E-state index contributed by atoms with van der Waals surface area (Å²) >= 11 is 0. The summed E-state index contributed by atoms with van der Waals surface area (Å²) in [5.41, 5.74) is 2.26. The molecule has 36 heavy (non-hydrogen) atoms. The number of anilines is 1. The Morgan fingerprint density at radius 2 is 1.72 bits per heavy atom. The number of likely N-dealkylation sites (tertiary alicyclic amines) is 1. The van der Waals surface area contributed by atoms with Crippen LogP contribution in [0, 0.1) is 30.6 Å². The van der Waals surface area contributed by atoms with Crippen molar-refractivity contribution >= 4 is 29.4 Å². The highest BCUT2D eigenvalue weighted by molar-refractivity contribution is 6.22. The van der Waals surface area contributed by atoms with E-state index >= 15 is 0 Å². The van der Waals surface area contributed by atoms with E-state index in [0.29, 0.717) is 29.5 Å². The van der Waals surface area contributed by atoms with Gasteiger partial charge in [-0.05, 0) is 68.4 Å². The summed E-state index contributed by atoms with van der Waals surface area (Å²) in [7, 11) is 0. The first-order valence-corrected chi connectivity index (χ1v) is 12.8. The van der Waals surface area contributed by atoms with Gasteiger partial charge >= 0.3 is 5.97 Å². The molecule has 7 heteroatoms. The summed E-state index contributed by atoms with van der Waals surface area (Å²) in [4.78, 5) is 54.7. The van der Waals surface area contributed by atoms with Gasteiger partial charge in [-0.1, -0.05) is 37.3 Å². The molecule has 3 aliphatic rings. The third-order valence-electron chi connectivity index (χ3n) is 8.06. The molecule has 7 nitrogen and oxygen atoms in total. The van der Waals surface area contributed by atoms with Crippen molar-refractivity contribution < 1.29 is 23.9 Å². The van der Waals surface area contributed by atoms with Crippen molar-refractivity contribution in [3.8, 4) is 5.75 Å². The molecule has 2 aromatic carbocycles. The Balaban J connectivity index is 1.26. The molecule has 0 aromatic heterocycles. The molecule has 2 aliphatic heterocycles. The summed E-state index contributed by atoms with van der Waals surface area (Å²) in [6.45, 7) is 6.20. The van der Waals surface area contributed by atoms with Crippen LogP contribution in [-0.4, -0.2) is 35.1 Å². The van der Waals surface area contributed by atoms with Crippen LogP contribution in [0.1, 0.15) is 56.7 Å². The molecule has 5 atom stereocenters. The van der Waals surface area contributed by atoms with E-state index in [1.54, 1.807) is 30.0 Å². The van der Waals surface area contributed by atoms with Gasteiger partial charge in [0, 0.05) is 13.0 Å². The number of hydrogen-bond acceptors (Lipinski definition) is 5. The van der Waals surface area contributed by atoms with E-state index in [0.717, 1.165) is 24.8 Å². The molecule has 0 unspecified atom stereocenters. The topological polar surface area (TPSA) is 84.0 Å². The second kappa shape index (κ2) is 9.52. The van der Waals surface area contributed by atoms with Gasteiger partial charge in [0.2, 0.25) is 17.7 Å². The van der Waals surface area contributed by atoms with Gasteiger partial charge in [-0.25, -0.2) is 4.90 Å². The van der Waals surface area contributed by atoms with Crippen LogP contribution in [0.25, 0.3) is 0 Å². The van der Waals surface area contributed by atoms with E-state index in [-0.39, 0.29) is 42.0 Å². The summed E-state index contributed by atoms with van der Waals surface area (Å²) in [5.74, 6) is -0.994. The minimum absolute atomic E-state index is 0.0679.